The van der Waals surface area contributed by atoms with Crippen molar-refractivity contribution in [1.29, 1.82) is 0 Å². The molecule has 2 atom stereocenters. The van der Waals surface area contributed by atoms with Gasteiger partial charge in [-0.25, -0.2) is 0 Å². The Bertz CT molecular complexity index is 418. The van der Waals surface area contributed by atoms with Crippen molar-refractivity contribution in [1.82, 2.24) is 0 Å². The molecule has 5 heteroatoms. The van der Waals surface area contributed by atoms with E-state index in [2.05, 4.69) is 0 Å². The molecule has 0 fully saturated rings. The fraction of sp³-hybridized carbons (Fsp3) is 0.364. The number of carbonyl (C=O) groups is 1. The Balaban J connectivity index is 2.24. The topological polar surface area (TPSA) is 92.8 Å². The number of hydrogen-bond donors (Lipinski definition) is 3. The van der Waals surface area contributed by atoms with Crippen LogP contribution in [0, 0.1) is 0 Å². The number of rotatable bonds is 3. The molecule has 2 unspecified atom stereocenters. The average molecular weight is 223 g/mol. The number of amides is 1. The van der Waals surface area contributed by atoms with Crippen LogP contribution in [-0.2, 0) is 11.2 Å². The molecule has 2 rings (SSSR count). The Morgan fingerprint density at radius 3 is 2.88 bits per heavy atom. The highest BCUT2D eigenvalue weighted by Gasteiger charge is 2.24. The number of hydrogen-bond acceptors (Lipinski definition) is 4. The summed E-state index contributed by atoms with van der Waals surface area (Å²) in [6.07, 6.45) is -2.11. The number of aliphatic hydroxyl groups is 2. The van der Waals surface area contributed by atoms with E-state index < -0.39 is 18.1 Å². The monoisotopic (exact) mass is 223 g/mol. The standard InChI is InChI=1S/C11H13NO4/c12-11(15)10(14)9(13)7-1-2-8-6(5-7)3-4-16-8/h1-2,5,9-10,13-14H,3-4H2,(H2,12,15). The molecule has 4 N–H and O–H groups in total. The molecule has 1 aliphatic rings. The van der Waals surface area contributed by atoms with Gasteiger partial charge < -0.3 is 20.7 Å². The third kappa shape index (κ3) is 1.87. The van der Waals surface area contributed by atoms with Gasteiger partial charge in [-0.05, 0) is 23.3 Å². The molecule has 0 saturated carbocycles. The van der Waals surface area contributed by atoms with Crippen molar-refractivity contribution in [3.8, 4) is 5.75 Å². The zero-order chi connectivity index (χ0) is 11.7. The van der Waals surface area contributed by atoms with E-state index in [1.54, 1.807) is 18.2 Å². The van der Waals surface area contributed by atoms with Gasteiger partial charge in [0.25, 0.3) is 0 Å². The third-order valence-electron chi connectivity index (χ3n) is 2.65. The van der Waals surface area contributed by atoms with Gasteiger partial charge >= 0.3 is 0 Å². The first-order valence-corrected chi connectivity index (χ1v) is 5.00. The Morgan fingerprint density at radius 2 is 2.19 bits per heavy atom. The second-order valence-corrected chi connectivity index (χ2v) is 3.76. The molecular weight excluding hydrogens is 210 g/mol. The molecule has 1 heterocycles. The summed E-state index contributed by atoms with van der Waals surface area (Å²) < 4.78 is 5.31. The first-order valence-electron chi connectivity index (χ1n) is 5.00. The van der Waals surface area contributed by atoms with Crippen molar-refractivity contribution in [2.45, 2.75) is 18.6 Å². The van der Waals surface area contributed by atoms with Gasteiger partial charge in [0, 0.05) is 6.42 Å². The average Bonchev–Trinajstić information content (AvgIpc) is 2.73. The van der Waals surface area contributed by atoms with Crippen molar-refractivity contribution >= 4 is 5.91 Å². The van der Waals surface area contributed by atoms with Crippen molar-refractivity contribution in [3.63, 3.8) is 0 Å². The van der Waals surface area contributed by atoms with Crippen LogP contribution in [-0.4, -0.2) is 28.8 Å². The highest BCUT2D eigenvalue weighted by Crippen LogP contribution is 2.29. The molecule has 5 nitrogen and oxygen atoms in total. The number of benzene rings is 1. The zero-order valence-electron chi connectivity index (χ0n) is 8.59. The largest absolute Gasteiger partial charge is 0.493 e. The fourth-order valence-electron chi connectivity index (χ4n) is 1.73. The summed E-state index contributed by atoms with van der Waals surface area (Å²) in [7, 11) is 0. The Morgan fingerprint density at radius 1 is 1.44 bits per heavy atom. The lowest BCUT2D eigenvalue weighted by Crippen LogP contribution is -2.33. The summed E-state index contributed by atoms with van der Waals surface area (Å²) >= 11 is 0. The predicted octanol–water partition coefficient (Wildman–Crippen LogP) is -0.499. The van der Waals surface area contributed by atoms with E-state index in [1.807, 2.05) is 0 Å². The van der Waals surface area contributed by atoms with Crippen LogP contribution in [0.25, 0.3) is 0 Å². The second-order valence-electron chi connectivity index (χ2n) is 3.76. The van der Waals surface area contributed by atoms with Gasteiger partial charge in [-0.2, -0.15) is 0 Å². The molecule has 1 amide bonds. The van der Waals surface area contributed by atoms with Crippen LogP contribution < -0.4 is 10.5 Å². The summed E-state index contributed by atoms with van der Waals surface area (Å²) in [5.74, 6) is -0.159. The maximum atomic E-state index is 10.7. The normalized spacial score (nSPS) is 17.4. The van der Waals surface area contributed by atoms with E-state index in [-0.39, 0.29) is 0 Å². The van der Waals surface area contributed by atoms with Crippen LogP contribution in [0.3, 0.4) is 0 Å². The van der Waals surface area contributed by atoms with Crippen molar-refractivity contribution in [2.24, 2.45) is 5.73 Å². The van der Waals surface area contributed by atoms with E-state index in [9.17, 15) is 15.0 Å². The minimum atomic E-state index is -1.58. The van der Waals surface area contributed by atoms with Gasteiger partial charge in [-0.15, -0.1) is 0 Å². The molecule has 0 saturated heterocycles. The maximum absolute atomic E-state index is 10.7. The third-order valence-corrected chi connectivity index (χ3v) is 2.65. The van der Waals surface area contributed by atoms with Crippen molar-refractivity contribution < 1.29 is 19.7 Å². The number of primary amides is 1. The number of ether oxygens (including phenoxy) is 1. The summed E-state index contributed by atoms with van der Waals surface area (Å²) in [5, 5.41) is 19.0. The number of aliphatic hydroxyl groups excluding tert-OH is 2. The molecule has 0 aliphatic carbocycles. The maximum Gasteiger partial charge on any atom is 0.249 e. The highest BCUT2D eigenvalue weighted by atomic mass is 16.5. The van der Waals surface area contributed by atoms with Gasteiger partial charge in [0.1, 0.15) is 11.9 Å². The van der Waals surface area contributed by atoms with Crippen LogP contribution in [0.1, 0.15) is 17.2 Å². The van der Waals surface area contributed by atoms with Crippen LogP contribution in [0.5, 0.6) is 5.75 Å². The molecule has 0 aromatic heterocycles. The Kier molecular flexibility index (Phi) is 2.80. The molecule has 0 bridgehead atoms. The van der Waals surface area contributed by atoms with Gasteiger partial charge in [-0.1, -0.05) is 6.07 Å². The summed E-state index contributed by atoms with van der Waals surface area (Å²) in [4.78, 5) is 10.7. The molecule has 1 aliphatic heterocycles. The van der Waals surface area contributed by atoms with Crippen LogP contribution in [0.15, 0.2) is 18.2 Å². The second kappa shape index (κ2) is 4.11. The smallest absolute Gasteiger partial charge is 0.249 e. The summed E-state index contributed by atoms with van der Waals surface area (Å²) in [5.41, 5.74) is 6.35. The van der Waals surface area contributed by atoms with Crippen molar-refractivity contribution in [2.75, 3.05) is 6.61 Å². The molecule has 86 valence electrons. The zero-order valence-corrected chi connectivity index (χ0v) is 8.59. The number of nitrogens with two attached hydrogens (primary N) is 1. The predicted molar refractivity (Wildman–Crippen MR) is 55.8 cm³/mol. The Labute approximate surface area is 92.5 Å². The van der Waals surface area contributed by atoms with E-state index in [1.165, 1.54) is 0 Å². The SMILES string of the molecule is NC(=O)C(O)C(O)c1ccc2c(c1)CCO2. The number of fused-ring (bicyclic) bond motifs is 1. The lowest BCUT2D eigenvalue weighted by molar-refractivity contribution is -0.131. The molecule has 1 aromatic rings. The van der Waals surface area contributed by atoms with Gasteiger partial charge in [0.05, 0.1) is 6.61 Å². The van der Waals surface area contributed by atoms with E-state index in [4.69, 9.17) is 10.5 Å². The summed E-state index contributed by atoms with van der Waals surface area (Å²) in [6.45, 7) is 0.618. The van der Waals surface area contributed by atoms with Crippen molar-refractivity contribution in [3.05, 3.63) is 29.3 Å². The molecule has 0 spiro atoms. The number of carbonyl (C=O) groups excluding carboxylic acids is 1. The molecular formula is C11H13NO4. The minimum absolute atomic E-state index is 0.468. The van der Waals surface area contributed by atoms with E-state index in [0.29, 0.717) is 12.2 Å². The quantitative estimate of drug-likeness (QED) is 0.644. The molecule has 0 radical (unpaired) electrons. The first-order chi connectivity index (χ1) is 7.59. The van der Waals surface area contributed by atoms with Crippen LogP contribution >= 0.6 is 0 Å². The van der Waals surface area contributed by atoms with Gasteiger partial charge in [0.15, 0.2) is 6.10 Å². The minimum Gasteiger partial charge on any atom is -0.493 e. The van der Waals surface area contributed by atoms with Crippen LogP contribution in [0.2, 0.25) is 0 Å². The Hall–Kier alpha value is -1.59. The van der Waals surface area contributed by atoms with Gasteiger partial charge in [-0.3, -0.25) is 4.79 Å². The lowest BCUT2D eigenvalue weighted by Gasteiger charge is -2.15. The lowest BCUT2D eigenvalue weighted by atomic mass is 10.0. The summed E-state index contributed by atoms with van der Waals surface area (Å²) in [6, 6.07) is 5.05. The van der Waals surface area contributed by atoms with E-state index in [0.717, 1.165) is 17.7 Å². The fourth-order valence-corrected chi connectivity index (χ4v) is 1.73. The molecule has 16 heavy (non-hydrogen) atoms. The highest BCUT2D eigenvalue weighted by molar-refractivity contribution is 5.79. The van der Waals surface area contributed by atoms with E-state index >= 15 is 0 Å². The first kappa shape index (κ1) is 10.9. The van der Waals surface area contributed by atoms with Crippen LogP contribution in [0.4, 0.5) is 0 Å². The van der Waals surface area contributed by atoms with Gasteiger partial charge in [0.2, 0.25) is 5.91 Å². The molecule has 1 aromatic carbocycles.